The molecule has 2 saturated heterocycles. The van der Waals surface area contributed by atoms with Gasteiger partial charge in [-0.05, 0) is 37.7 Å². The van der Waals surface area contributed by atoms with Crippen LogP contribution in [0.5, 0.6) is 0 Å². The number of anilines is 1. The van der Waals surface area contributed by atoms with Crippen molar-refractivity contribution >= 4 is 11.9 Å². The van der Waals surface area contributed by atoms with Crippen molar-refractivity contribution in [3.05, 3.63) is 17.5 Å². The average molecular weight is 332 g/mol. The molecule has 1 amide bonds. The van der Waals surface area contributed by atoms with Gasteiger partial charge in [-0.1, -0.05) is 6.92 Å². The highest BCUT2D eigenvalue weighted by Gasteiger charge is 2.30. The van der Waals surface area contributed by atoms with Crippen molar-refractivity contribution in [1.29, 1.82) is 0 Å². The van der Waals surface area contributed by atoms with Gasteiger partial charge >= 0.3 is 0 Å². The van der Waals surface area contributed by atoms with E-state index in [-0.39, 0.29) is 5.91 Å². The molecule has 0 saturated carbocycles. The Hall–Kier alpha value is -1.69. The minimum absolute atomic E-state index is 0.238. The van der Waals surface area contributed by atoms with Crippen LogP contribution in [0.2, 0.25) is 0 Å². The van der Waals surface area contributed by atoms with Crippen LogP contribution in [0.1, 0.15) is 37.6 Å². The number of amides is 1. The smallest absolute Gasteiger partial charge is 0.225 e. The van der Waals surface area contributed by atoms with E-state index in [0.717, 1.165) is 49.8 Å². The zero-order valence-corrected chi connectivity index (χ0v) is 14.8. The van der Waals surface area contributed by atoms with Gasteiger partial charge in [-0.25, -0.2) is 9.97 Å². The minimum Gasteiger partial charge on any atom is -0.383 e. The first-order valence-electron chi connectivity index (χ1n) is 9.08. The Morgan fingerprint density at radius 3 is 2.71 bits per heavy atom. The molecule has 1 atom stereocenters. The van der Waals surface area contributed by atoms with Gasteiger partial charge in [0.05, 0.1) is 6.61 Å². The number of ether oxygens (including phenoxy) is 1. The summed E-state index contributed by atoms with van der Waals surface area (Å²) in [7, 11) is 1.67. The van der Waals surface area contributed by atoms with Gasteiger partial charge in [0.2, 0.25) is 11.9 Å². The number of methoxy groups -OCH3 is 1. The first-order valence-corrected chi connectivity index (χ1v) is 9.08. The number of aryl methyl sites for hydroxylation is 1. The lowest BCUT2D eigenvalue weighted by Crippen LogP contribution is -2.29. The number of hydrogen-bond acceptors (Lipinski definition) is 5. The van der Waals surface area contributed by atoms with E-state index in [9.17, 15) is 4.79 Å². The monoisotopic (exact) mass is 332 g/mol. The van der Waals surface area contributed by atoms with Crippen LogP contribution in [0.3, 0.4) is 0 Å². The van der Waals surface area contributed by atoms with E-state index in [2.05, 4.69) is 17.9 Å². The number of carbonyl (C=O) groups is 1. The highest BCUT2D eigenvalue weighted by Crippen LogP contribution is 2.23. The van der Waals surface area contributed by atoms with Gasteiger partial charge in [-0.3, -0.25) is 4.79 Å². The Kier molecular flexibility index (Phi) is 5.66. The molecular weight excluding hydrogens is 304 g/mol. The van der Waals surface area contributed by atoms with Gasteiger partial charge in [0.1, 0.15) is 0 Å². The van der Waals surface area contributed by atoms with Crippen molar-refractivity contribution in [2.24, 2.45) is 5.92 Å². The van der Waals surface area contributed by atoms with Crippen molar-refractivity contribution in [2.75, 3.05) is 44.8 Å². The number of aromatic nitrogens is 2. The van der Waals surface area contributed by atoms with Crippen molar-refractivity contribution in [1.82, 2.24) is 14.9 Å². The average Bonchev–Trinajstić information content (AvgIpc) is 3.22. The zero-order chi connectivity index (χ0) is 16.9. The minimum atomic E-state index is 0.238. The Morgan fingerprint density at radius 2 is 2.00 bits per heavy atom. The van der Waals surface area contributed by atoms with E-state index in [0.29, 0.717) is 25.5 Å². The molecule has 0 N–H and O–H groups in total. The third kappa shape index (κ3) is 4.04. The van der Waals surface area contributed by atoms with Gasteiger partial charge in [0.15, 0.2) is 0 Å². The number of rotatable bonds is 7. The second-order valence-corrected chi connectivity index (χ2v) is 6.81. The maximum absolute atomic E-state index is 12.1. The fraction of sp³-hybridized carbons (Fsp3) is 0.722. The van der Waals surface area contributed by atoms with Crippen LogP contribution in [0.25, 0.3) is 0 Å². The Morgan fingerprint density at radius 1 is 1.25 bits per heavy atom. The molecule has 0 unspecified atom stereocenters. The van der Waals surface area contributed by atoms with Crippen molar-refractivity contribution in [3.8, 4) is 0 Å². The lowest BCUT2D eigenvalue weighted by molar-refractivity contribution is -0.128. The predicted molar refractivity (Wildman–Crippen MR) is 93.1 cm³/mol. The SMILES string of the molecule is CCc1cc(C[C@@H]2CC(=O)N(CCOC)C2)nc(N2CCCC2)n1. The maximum Gasteiger partial charge on any atom is 0.225 e. The quantitative estimate of drug-likeness (QED) is 0.760. The van der Waals surface area contributed by atoms with Gasteiger partial charge in [-0.15, -0.1) is 0 Å². The van der Waals surface area contributed by atoms with Crippen LogP contribution in [0, 0.1) is 5.92 Å². The van der Waals surface area contributed by atoms with E-state index in [1.165, 1.54) is 12.8 Å². The first kappa shape index (κ1) is 17.1. The fourth-order valence-corrected chi connectivity index (χ4v) is 3.59. The molecule has 0 radical (unpaired) electrons. The second kappa shape index (κ2) is 7.92. The molecule has 24 heavy (non-hydrogen) atoms. The summed E-state index contributed by atoms with van der Waals surface area (Å²) in [6, 6.07) is 2.11. The Labute approximate surface area is 144 Å². The van der Waals surface area contributed by atoms with Crippen molar-refractivity contribution < 1.29 is 9.53 Å². The Balaban J connectivity index is 1.68. The van der Waals surface area contributed by atoms with Gasteiger partial charge < -0.3 is 14.5 Å². The van der Waals surface area contributed by atoms with Crippen LogP contribution >= 0.6 is 0 Å². The summed E-state index contributed by atoms with van der Waals surface area (Å²) in [5, 5.41) is 0. The van der Waals surface area contributed by atoms with Gasteiger partial charge in [0.25, 0.3) is 0 Å². The summed E-state index contributed by atoms with van der Waals surface area (Å²) in [6.07, 6.45) is 4.83. The van der Waals surface area contributed by atoms with Gasteiger partial charge in [-0.2, -0.15) is 0 Å². The number of hydrogen-bond donors (Lipinski definition) is 0. The van der Waals surface area contributed by atoms with Crippen LogP contribution in [-0.4, -0.2) is 60.7 Å². The molecule has 0 aliphatic carbocycles. The molecule has 1 aromatic rings. The van der Waals surface area contributed by atoms with E-state index >= 15 is 0 Å². The Bertz CT molecular complexity index is 572. The normalized spacial score (nSPS) is 21.1. The lowest BCUT2D eigenvalue weighted by Gasteiger charge is -2.18. The molecule has 0 aromatic carbocycles. The molecule has 132 valence electrons. The maximum atomic E-state index is 12.1. The molecule has 6 heteroatoms. The summed E-state index contributed by atoms with van der Waals surface area (Å²) in [5.41, 5.74) is 2.18. The zero-order valence-electron chi connectivity index (χ0n) is 14.8. The summed E-state index contributed by atoms with van der Waals surface area (Å²) in [6.45, 7) is 6.34. The number of likely N-dealkylation sites (tertiary alicyclic amines) is 1. The predicted octanol–water partition coefficient (Wildman–Crippen LogP) is 1.68. The molecule has 6 nitrogen and oxygen atoms in total. The number of carbonyl (C=O) groups excluding carboxylic acids is 1. The van der Waals surface area contributed by atoms with Gasteiger partial charge in [0, 0.05) is 51.1 Å². The summed E-state index contributed by atoms with van der Waals surface area (Å²) in [5.74, 6) is 1.46. The lowest BCUT2D eigenvalue weighted by atomic mass is 10.0. The van der Waals surface area contributed by atoms with Crippen molar-refractivity contribution in [3.63, 3.8) is 0 Å². The standard InChI is InChI=1S/C18H28N4O2/c1-3-15-12-16(20-18(19-15)21-6-4-5-7-21)10-14-11-17(23)22(13-14)8-9-24-2/h12,14H,3-11,13H2,1-2H3/t14-/m1/s1. The first-order chi connectivity index (χ1) is 11.7. The summed E-state index contributed by atoms with van der Waals surface area (Å²) >= 11 is 0. The number of nitrogens with zero attached hydrogens (tertiary/aromatic N) is 4. The van der Waals surface area contributed by atoms with E-state index < -0.39 is 0 Å². The van der Waals surface area contributed by atoms with E-state index in [1.807, 2.05) is 4.90 Å². The molecular formula is C18H28N4O2. The van der Waals surface area contributed by atoms with Crippen LogP contribution < -0.4 is 4.90 Å². The van der Waals surface area contributed by atoms with E-state index in [1.54, 1.807) is 7.11 Å². The highest BCUT2D eigenvalue weighted by molar-refractivity contribution is 5.78. The molecule has 0 spiro atoms. The van der Waals surface area contributed by atoms with Crippen LogP contribution in [0.15, 0.2) is 6.07 Å². The second-order valence-electron chi connectivity index (χ2n) is 6.81. The molecule has 2 fully saturated rings. The molecule has 2 aliphatic rings. The largest absolute Gasteiger partial charge is 0.383 e. The summed E-state index contributed by atoms with van der Waals surface area (Å²) in [4.78, 5) is 25.8. The highest BCUT2D eigenvalue weighted by atomic mass is 16.5. The summed E-state index contributed by atoms with van der Waals surface area (Å²) < 4.78 is 5.09. The molecule has 1 aromatic heterocycles. The van der Waals surface area contributed by atoms with Crippen LogP contribution in [-0.2, 0) is 22.4 Å². The van der Waals surface area contributed by atoms with Crippen molar-refractivity contribution in [2.45, 2.75) is 39.0 Å². The van der Waals surface area contributed by atoms with Crippen LogP contribution in [0.4, 0.5) is 5.95 Å². The van der Waals surface area contributed by atoms with E-state index in [4.69, 9.17) is 14.7 Å². The molecule has 3 heterocycles. The topological polar surface area (TPSA) is 58.6 Å². The molecule has 2 aliphatic heterocycles. The fourth-order valence-electron chi connectivity index (χ4n) is 3.59. The molecule has 0 bridgehead atoms. The third-order valence-corrected chi connectivity index (χ3v) is 4.93. The molecule has 3 rings (SSSR count). The third-order valence-electron chi connectivity index (χ3n) is 4.93.